The first-order valence-corrected chi connectivity index (χ1v) is 8.38. The predicted octanol–water partition coefficient (Wildman–Crippen LogP) is 5.79. The van der Waals surface area contributed by atoms with Gasteiger partial charge in [-0.15, -0.1) is 0 Å². The number of unbranched alkanes of at least 4 members (excludes halogenated alkanes) is 3. The molecule has 0 spiro atoms. The standard InChI is InChI=1S/C18H31N3O/c1-6-7-8-9-12-22-18-13-16(10-11-17(18)20-19)21(5)15(4)14(2)3/h10-11,13-15,19H,6-9,12H2,1-5H3. The average Bonchev–Trinajstić information content (AvgIpc) is 2.52. The number of nitrogens with one attached hydrogen (secondary N) is 1. The Labute approximate surface area is 135 Å². The van der Waals surface area contributed by atoms with Crippen LogP contribution in [0, 0.1) is 11.4 Å². The molecule has 0 bridgehead atoms. The van der Waals surface area contributed by atoms with Crippen molar-refractivity contribution < 1.29 is 4.74 Å². The molecule has 0 saturated carbocycles. The predicted molar refractivity (Wildman–Crippen MR) is 93.6 cm³/mol. The molecule has 0 amide bonds. The Hall–Kier alpha value is -1.58. The first kappa shape index (κ1) is 18.5. The molecule has 1 N–H and O–H groups in total. The first-order chi connectivity index (χ1) is 10.5. The fraction of sp³-hybridized carbons (Fsp3) is 0.667. The summed E-state index contributed by atoms with van der Waals surface area (Å²) < 4.78 is 5.87. The summed E-state index contributed by atoms with van der Waals surface area (Å²) in [5, 5.41) is 3.57. The van der Waals surface area contributed by atoms with Gasteiger partial charge in [0, 0.05) is 24.8 Å². The smallest absolute Gasteiger partial charge is 0.148 e. The lowest BCUT2D eigenvalue weighted by Gasteiger charge is -2.30. The SMILES string of the molecule is CCCCCCOc1cc(N(C)C(C)C(C)C)ccc1N=N. The number of anilines is 1. The fourth-order valence-electron chi connectivity index (χ4n) is 2.32. The Morgan fingerprint density at radius 3 is 2.50 bits per heavy atom. The Morgan fingerprint density at radius 1 is 1.18 bits per heavy atom. The lowest BCUT2D eigenvalue weighted by Crippen LogP contribution is -2.33. The van der Waals surface area contributed by atoms with E-state index in [9.17, 15) is 0 Å². The highest BCUT2D eigenvalue weighted by Crippen LogP contribution is 2.33. The van der Waals surface area contributed by atoms with Crippen LogP contribution in [0.4, 0.5) is 11.4 Å². The zero-order valence-electron chi connectivity index (χ0n) is 14.7. The van der Waals surface area contributed by atoms with Crippen LogP contribution in [0.1, 0.15) is 53.4 Å². The summed E-state index contributed by atoms with van der Waals surface area (Å²) >= 11 is 0. The van der Waals surface area contributed by atoms with E-state index in [0.29, 0.717) is 30.0 Å². The van der Waals surface area contributed by atoms with Gasteiger partial charge in [0.1, 0.15) is 11.4 Å². The fourth-order valence-corrected chi connectivity index (χ4v) is 2.32. The second-order valence-electron chi connectivity index (χ2n) is 6.27. The Morgan fingerprint density at radius 2 is 1.91 bits per heavy atom. The number of hydrogen-bond donors (Lipinski definition) is 1. The number of rotatable bonds is 10. The van der Waals surface area contributed by atoms with Gasteiger partial charge in [-0.25, -0.2) is 5.53 Å². The van der Waals surface area contributed by atoms with Crippen LogP contribution in [0.2, 0.25) is 0 Å². The van der Waals surface area contributed by atoms with Gasteiger partial charge < -0.3 is 9.64 Å². The minimum absolute atomic E-state index is 0.441. The summed E-state index contributed by atoms with van der Waals surface area (Å²) in [4.78, 5) is 2.25. The molecule has 0 radical (unpaired) electrons. The van der Waals surface area contributed by atoms with E-state index >= 15 is 0 Å². The van der Waals surface area contributed by atoms with Gasteiger partial charge >= 0.3 is 0 Å². The molecule has 1 atom stereocenters. The molecule has 0 saturated heterocycles. The van der Waals surface area contributed by atoms with E-state index in [2.05, 4.69) is 44.8 Å². The molecule has 0 aromatic heterocycles. The highest BCUT2D eigenvalue weighted by atomic mass is 16.5. The van der Waals surface area contributed by atoms with Crippen LogP contribution in [0.25, 0.3) is 0 Å². The van der Waals surface area contributed by atoms with E-state index in [1.165, 1.54) is 19.3 Å². The molecule has 1 aromatic rings. The van der Waals surface area contributed by atoms with Gasteiger partial charge in [-0.2, -0.15) is 5.11 Å². The van der Waals surface area contributed by atoms with Gasteiger partial charge in [0.25, 0.3) is 0 Å². The molecule has 0 aliphatic carbocycles. The summed E-state index contributed by atoms with van der Waals surface area (Å²) in [6, 6.07) is 6.33. The number of ether oxygens (including phenoxy) is 1. The van der Waals surface area contributed by atoms with Crippen LogP contribution >= 0.6 is 0 Å². The van der Waals surface area contributed by atoms with E-state index < -0.39 is 0 Å². The third-order valence-corrected chi connectivity index (χ3v) is 4.30. The number of benzene rings is 1. The zero-order valence-corrected chi connectivity index (χ0v) is 14.7. The molecule has 0 aliphatic heterocycles. The molecule has 1 rings (SSSR count). The van der Waals surface area contributed by atoms with Gasteiger partial charge in [0.2, 0.25) is 0 Å². The van der Waals surface area contributed by atoms with E-state index in [-0.39, 0.29) is 0 Å². The van der Waals surface area contributed by atoms with Crippen molar-refractivity contribution >= 4 is 11.4 Å². The minimum atomic E-state index is 0.441. The zero-order chi connectivity index (χ0) is 16.5. The normalized spacial score (nSPS) is 12.3. The third kappa shape index (κ3) is 5.32. The molecule has 1 unspecified atom stereocenters. The van der Waals surface area contributed by atoms with Gasteiger partial charge in [0.05, 0.1) is 6.61 Å². The van der Waals surface area contributed by atoms with Gasteiger partial charge in [0.15, 0.2) is 0 Å². The molecule has 4 heteroatoms. The molecule has 124 valence electrons. The molecule has 22 heavy (non-hydrogen) atoms. The number of nitrogens with zero attached hydrogens (tertiary/aromatic N) is 2. The van der Waals surface area contributed by atoms with Crippen molar-refractivity contribution in [3.05, 3.63) is 18.2 Å². The van der Waals surface area contributed by atoms with Crippen LogP contribution in [-0.2, 0) is 0 Å². The molecule has 1 aromatic carbocycles. The Kier molecular flexibility index (Phi) is 7.92. The van der Waals surface area contributed by atoms with Crippen LogP contribution in [0.3, 0.4) is 0 Å². The monoisotopic (exact) mass is 305 g/mol. The largest absolute Gasteiger partial charge is 0.491 e. The molecule has 0 aliphatic rings. The third-order valence-electron chi connectivity index (χ3n) is 4.30. The van der Waals surface area contributed by atoms with Crippen molar-refractivity contribution in [2.75, 3.05) is 18.6 Å². The first-order valence-electron chi connectivity index (χ1n) is 8.38. The average molecular weight is 305 g/mol. The highest BCUT2D eigenvalue weighted by molar-refractivity contribution is 5.61. The van der Waals surface area contributed by atoms with Crippen molar-refractivity contribution in [1.29, 1.82) is 5.53 Å². The second kappa shape index (κ2) is 9.44. The minimum Gasteiger partial charge on any atom is -0.491 e. The van der Waals surface area contributed by atoms with Crippen molar-refractivity contribution in [2.45, 2.75) is 59.4 Å². The van der Waals surface area contributed by atoms with E-state index in [1.807, 2.05) is 18.2 Å². The lowest BCUT2D eigenvalue weighted by molar-refractivity contribution is 0.306. The van der Waals surface area contributed by atoms with E-state index in [1.54, 1.807) is 0 Å². The van der Waals surface area contributed by atoms with Gasteiger partial charge in [-0.1, -0.05) is 40.0 Å². The van der Waals surface area contributed by atoms with Gasteiger partial charge in [-0.3, -0.25) is 0 Å². The van der Waals surface area contributed by atoms with Crippen molar-refractivity contribution in [3.8, 4) is 5.75 Å². The van der Waals surface area contributed by atoms with Crippen LogP contribution < -0.4 is 9.64 Å². The number of hydrogen-bond acceptors (Lipinski definition) is 4. The molecule has 0 heterocycles. The topological polar surface area (TPSA) is 48.7 Å². The quantitative estimate of drug-likeness (QED) is 0.439. The Balaban J connectivity index is 2.77. The van der Waals surface area contributed by atoms with Crippen LogP contribution in [0.15, 0.2) is 23.3 Å². The second-order valence-corrected chi connectivity index (χ2v) is 6.27. The van der Waals surface area contributed by atoms with Crippen molar-refractivity contribution in [1.82, 2.24) is 0 Å². The summed E-state index contributed by atoms with van der Waals surface area (Å²) in [5.41, 5.74) is 9.00. The summed E-state index contributed by atoms with van der Waals surface area (Å²) in [5.74, 6) is 1.29. The summed E-state index contributed by atoms with van der Waals surface area (Å²) in [6.07, 6.45) is 4.70. The lowest BCUT2D eigenvalue weighted by atomic mass is 10.0. The van der Waals surface area contributed by atoms with Crippen LogP contribution in [-0.4, -0.2) is 19.7 Å². The van der Waals surface area contributed by atoms with E-state index in [0.717, 1.165) is 12.1 Å². The maximum atomic E-state index is 7.29. The summed E-state index contributed by atoms with van der Waals surface area (Å²) in [6.45, 7) is 9.56. The maximum absolute atomic E-state index is 7.29. The van der Waals surface area contributed by atoms with Gasteiger partial charge in [-0.05, 0) is 31.4 Å². The molecular weight excluding hydrogens is 274 g/mol. The summed E-state index contributed by atoms with van der Waals surface area (Å²) in [7, 11) is 2.10. The molecule has 0 fully saturated rings. The maximum Gasteiger partial charge on any atom is 0.148 e. The van der Waals surface area contributed by atoms with Crippen LogP contribution in [0.5, 0.6) is 5.75 Å². The Bertz CT molecular complexity index is 460. The van der Waals surface area contributed by atoms with E-state index in [4.69, 9.17) is 10.3 Å². The van der Waals surface area contributed by atoms with Crippen molar-refractivity contribution in [2.24, 2.45) is 11.0 Å². The molecule has 4 nitrogen and oxygen atoms in total. The van der Waals surface area contributed by atoms with Crippen molar-refractivity contribution in [3.63, 3.8) is 0 Å². The molecular formula is C18H31N3O. The highest BCUT2D eigenvalue weighted by Gasteiger charge is 2.15.